The van der Waals surface area contributed by atoms with E-state index < -0.39 is 17.3 Å². The first-order chi connectivity index (χ1) is 19.8. The van der Waals surface area contributed by atoms with Crippen LogP contribution >= 0.6 is 0 Å². The van der Waals surface area contributed by atoms with Crippen LogP contribution in [-0.4, -0.2) is 66.4 Å². The first kappa shape index (κ1) is 29.2. The van der Waals surface area contributed by atoms with Crippen molar-refractivity contribution in [3.05, 3.63) is 82.9 Å². The Kier molecular flexibility index (Phi) is 7.55. The minimum Gasteiger partial charge on any atom is -0.334 e. The second-order valence-corrected chi connectivity index (χ2v) is 11.5. The number of aryl methyl sites for hydroxylation is 1. The number of hydrogen-bond acceptors (Lipinski definition) is 5. The van der Waals surface area contributed by atoms with Gasteiger partial charge in [0.05, 0.1) is 34.3 Å². The van der Waals surface area contributed by atoms with Crippen LogP contribution in [0.1, 0.15) is 78.2 Å². The number of carbonyl (C=O) groups excluding carboxylic acids is 2. The van der Waals surface area contributed by atoms with Gasteiger partial charge in [0.25, 0.3) is 11.8 Å². The van der Waals surface area contributed by atoms with Crippen molar-refractivity contribution in [1.82, 2.24) is 29.4 Å². The number of carbonyl (C=O) groups is 2. The highest BCUT2D eigenvalue weighted by Gasteiger charge is 2.40. The van der Waals surface area contributed by atoms with Gasteiger partial charge in [-0.2, -0.15) is 18.3 Å². The second kappa shape index (κ2) is 10.8. The van der Waals surface area contributed by atoms with Gasteiger partial charge in [0.1, 0.15) is 5.69 Å². The fraction of sp³-hybridized carbons (Fsp3) is 0.387. The molecule has 4 heterocycles. The van der Waals surface area contributed by atoms with E-state index >= 15 is 0 Å². The van der Waals surface area contributed by atoms with E-state index in [9.17, 15) is 22.8 Å². The van der Waals surface area contributed by atoms with Crippen LogP contribution < -0.4 is 0 Å². The number of fused-ring (bicyclic) bond motifs is 1. The largest absolute Gasteiger partial charge is 0.416 e. The lowest BCUT2D eigenvalue weighted by Crippen LogP contribution is -2.62. The van der Waals surface area contributed by atoms with Crippen molar-refractivity contribution in [1.29, 1.82) is 0 Å². The molecule has 4 aromatic rings. The van der Waals surface area contributed by atoms with Crippen LogP contribution in [0.3, 0.4) is 0 Å². The Labute approximate surface area is 242 Å². The number of halogens is 3. The molecule has 1 aliphatic heterocycles. The third-order valence-electron chi connectivity index (χ3n) is 7.69. The molecular weight excluding hydrogens is 545 g/mol. The quantitative estimate of drug-likeness (QED) is 0.296. The maximum absolute atomic E-state index is 13.8. The van der Waals surface area contributed by atoms with Gasteiger partial charge in [-0.3, -0.25) is 14.6 Å². The minimum atomic E-state index is -4.43. The number of imidazole rings is 1. The molecule has 1 aromatic carbocycles. The first-order valence-corrected chi connectivity index (χ1v) is 13.9. The highest BCUT2D eigenvalue weighted by molar-refractivity contribution is 5.96. The highest BCUT2D eigenvalue weighted by Crippen LogP contribution is 2.32. The van der Waals surface area contributed by atoms with Gasteiger partial charge >= 0.3 is 6.18 Å². The monoisotopic (exact) mass is 578 g/mol. The summed E-state index contributed by atoms with van der Waals surface area (Å²) in [4.78, 5) is 39.6. The molecule has 11 heteroatoms. The Bertz CT molecular complexity index is 1640. The third-order valence-corrected chi connectivity index (χ3v) is 7.69. The van der Waals surface area contributed by atoms with Crippen molar-refractivity contribution in [2.24, 2.45) is 0 Å². The number of amides is 2. The minimum absolute atomic E-state index is 0.0144. The van der Waals surface area contributed by atoms with Gasteiger partial charge in [-0.05, 0) is 56.5 Å². The number of benzene rings is 1. The Morgan fingerprint density at radius 1 is 1.05 bits per heavy atom. The van der Waals surface area contributed by atoms with Crippen LogP contribution in [0.2, 0.25) is 0 Å². The highest BCUT2D eigenvalue weighted by atomic mass is 19.4. The number of nitrogens with zero attached hydrogens (tertiary/aromatic N) is 6. The predicted octanol–water partition coefficient (Wildman–Crippen LogP) is 5.87. The van der Waals surface area contributed by atoms with Crippen molar-refractivity contribution in [3.63, 3.8) is 0 Å². The zero-order chi connectivity index (χ0) is 30.4. The summed E-state index contributed by atoms with van der Waals surface area (Å²) >= 11 is 0. The number of pyridine rings is 1. The van der Waals surface area contributed by atoms with E-state index in [0.717, 1.165) is 23.4 Å². The van der Waals surface area contributed by atoms with E-state index in [0.29, 0.717) is 48.5 Å². The van der Waals surface area contributed by atoms with Gasteiger partial charge in [0.2, 0.25) is 0 Å². The lowest BCUT2D eigenvalue weighted by Gasteiger charge is -2.47. The predicted molar refractivity (Wildman–Crippen MR) is 152 cm³/mol. The molecule has 1 aliphatic rings. The molecule has 0 saturated carbocycles. The third kappa shape index (κ3) is 5.47. The summed E-state index contributed by atoms with van der Waals surface area (Å²) in [5.74, 6) is -0.367. The van der Waals surface area contributed by atoms with Gasteiger partial charge in [0, 0.05) is 37.0 Å². The molecular formula is C31H33F3N6O2. The van der Waals surface area contributed by atoms with Gasteiger partial charge in [-0.1, -0.05) is 32.9 Å². The average Bonchev–Trinajstić information content (AvgIpc) is 3.39. The molecule has 1 fully saturated rings. The lowest BCUT2D eigenvalue weighted by atomic mass is 9.97. The van der Waals surface area contributed by atoms with Crippen molar-refractivity contribution >= 4 is 17.5 Å². The maximum Gasteiger partial charge on any atom is 0.416 e. The first-order valence-electron chi connectivity index (χ1n) is 13.9. The molecule has 42 heavy (non-hydrogen) atoms. The van der Waals surface area contributed by atoms with E-state index in [-0.39, 0.29) is 23.4 Å². The molecule has 0 N–H and O–H groups in total. The molecule has 0 spiro atoms. The Morgan fingerprint density at radius 2 is 1.76 bits per heavy atom. The van der Waals surface area contributed by atoms with E-state index in [1.807, 2.05) is 34.6 Å². The molecule has 0 unspecified atom stereocenters. The van der Waals surface area contributed by atoms with Crippen LogP contribution in [0.25, 0.3) is 16.9 Å². The molecule has 5 rings (SSSR count). The zero-order valence-electron chi connectivity index (χ0n) is 24.2. The topological polar surface area (TPSA) is 83.7 Å². The number of hydrogen-bond donors (Lipinski definition) is 0. The molecule has 0 bridgehead atoms. The van der Waals surface area contributed by atoms with Crippen LogP contribution in [-0.2, 0) is 12.6 Å². The summed E-state index contributed by atoms with van der Waals surface area (Å²) in [6.45, 7) is 10.8. The molecule has 8 nitrogen and oxygen atoms in total. The molecule has 3 aromatic heterocycles. The van der Waals surface area contributed by atoms with Gasteiger partial charge in [-0.25, -0.2) is 9.50 Å². The second-order valence-electron chi connectivity index (χ2n) is 11.5. The lowest BCUT2D eigenvalue weighted by molar-refractivity contribution is -0.137. The van der Waals surface area contributed by atoms with Crippen molar-refractivity contribution < 1.29 is 22.8 Å². The summed E-state index contributed by atoms with van der Waals surface area (Å²) in [6.07, 6.45) is -0.544. The maximum atomic E-state index is 13.8. The van der Waals surface area contributed by atoms with E-state index in [2.05, 4.69) is 15.1 Å². The van der Waals surface area contributed by atoms with Gasteiger partial charge < -0.3 is 9.80 Å². The normalized spacial score (nSPS) is 15.5. The molecule has 0 aliphatic carbocycles. The van der Waals surface area contributed by atoms with Gasteiger partial charge in [0.15, 0.2) is 5.65 Å². The number of rotatable bonds is 5. The summed E-state index contributed by atoms with van der Waals surface area (Å²) in [6, 6.07) is 10.2. The van der Waals surface area contributed by atoms with Gasteiger partial charge in [-0.15, -0.1) is 0 Å². The fourth-order valence-electron chi connectivity index (χ4n) is 5.43. The molecule has 220 valence electrons. The standard InChI is InChI=1S/C31H33F3N6O2/c1-6-24-22(8-7-13-35-24)28(41)38-14-15-39(30(4,5)18-38)29(42)26-17-40-27(36-26)23(19(2)3)16-25(37-40)20-9-11-21(12-10-20)31(32,33)34/h7-13,16-17,19H,6,14-15,18H2,1-5H3. The van der Waals surface area contributed by atoms with E-state index in [1.165, 1.54) is 16.6 Å². The van der Waals surface area contributed by atoms with Crippen LogP contribution in [0.15, 0.2) is 54.9 Å². The van der Waals surface area contributed by atoms with E-state index in [4.69, 9.17) is 0 Å². The molecule has 1 saturated heterocycles. The Hall–Kier alpha value is -4.28. The van der Waals surface area contributed by atoms with Crippen molar-refractivity contribution in [3.8, 4) is 11.3 Å². The number of aromatic nitrogens is 4. The van der Waals surface area contributed by atoms with Crippen molar-refractivity contribution in [2.75, 3.05) is 19.6 Å². The van der Waals surface area contributed by atoms with E-state index in [1.54, 1.807) is 40.4 Å². The number of alkyl halides is 3. The molecule has 0 radical (unpaired) electrons. The van der Waals surface area contributed by atoms with Crippen LogP contribution in [0.5, 0.6) is 0 Å². The summed E-state index contributed by atoms with van der Waals surface area (Å²) < 4.78 is 40.7. The van der Waals surface area contributed by atoms with Crippen LogP contribution in [0.4, 0.5) is 13.2 Å². The van der Waals surface area contributed by atoms with Crippen molar-refractivity contribution in [2.45, 2.75) is 58.7 Å². The Balaban J connectivity index is 1.42. The summed E-state index contributed by atoms with van der Waals surface area (Å²) in [7, 11) is 0. The number of piperazine rings is 1. The average molecular weight is 579 g/mol. The Morgan fingerprint density at radius 3 is 2.38 bits per heavy atom. The summed E-state index contributed by atoms with van der Waals surface area (Å²) in [5, 5.41) is 4.59. The fourth-order valence-corrected chi connectivity index (χ4v) is 5.43. The molecule has 0 atom stereocenters. The smallest absolute Gasteiger partial charge is 0.334 e. The zero-order valence-corrected chi connectivity index (χ0v) is 24.2. The SMILES string of the molecule is CCc1ncccc1C(=O)N1CCN(C(=O)c2cn3nc(-c4ccc(C(F)(F)F)cc4)cc(C(C)C)c3n2)C(C)(C)C1. The molecule has 2 amide bonds. The summed E-state index contributed by atoms with van der Waals surface area (Å²) in [5.41, 5.74) is 2.45. The van der Waals surface area contributed by atoms with Crippen LogP contribution in [0, 0.1) is 0 Å².